The molecule has 3 nitrogen and oxygen atoms in total. The summed E-state index contributed by atoms with van der Waals surface area (Å²) in [6.45, 7) is 0.407. The maximum Gasteiger partial charge on any atom is 0.0963 e. The molecule has 0 aromatic heterocycles. The molecule has 0 aliphatic rings. The summed E-state index contributed by atoms with van der Waals surface area (Å²) in [7, 11) is 0. The highest BCUT2D eigenvalue weighted by atomic mass is 35.5. The van der Waals surface area contributed by atoms with Gasteiger partial charge in [0.15, 0.2) is 0 Å². The molecule has 0 spiro atoms. The summed E-state index contributed by atoms with van der Waals surface area (Å²) in [6, 6.07) is 14.6. The summed E-state index contributed by atoms with van der Waals surface area (Å²) in [5.74, 6) is 0. The Morgan fingerprint density at radius 1 is 1.17 bits per heavy atom. The van der Waals surface area contributed by atoms with Gasteiger partial charge in [-0.1, -0.05) is 29.8 Å². The van der Waals surface area contributed by atoms with E-state index in [0.717, 1.165) is 11.3 Å². The van der Waals surface area contributed by atoms with Gasteiger partial charge in [-0.2, -0.15) is 0 Å². The van der Waals surface area contributed by atoms with Crippen molar-refractivity contribution in [3.8, 4) is 0 Å². The lowest BCUT2D eigenvalue weighted by atomic mass is 10.1. The Balaban J connectivity index is 1.98. The van der Waals surface area contributed by atoms with Crippen LogP contribution in [0.5, 0.6) is 0 Å². The SMILES string of the molecule is Nc1cccc(C(O)CNc2cccc(Cl)c2)c1. The van der Waals surface area contributed by atoms with Crippen LogP contribution in [0.1, 0.15) is 11.7 Å². The number of rotatable bonds is 4. The van der Waals surface area contributed by atoms with Gasteiger partial charge in [-0.05, 0) is 35.9 Å². The quantitative estimate of drug-likeness (QED) is 0.742. The van der Waals surface area contributed by atoms with Gasteiger partial charge in [0, 0.05) is 22.9 Å². The first-order valence-electron chi connectivity index (χ1n) is 5.68. The molecular formula is C14H15ClN2O. The van der Waals surface area contributed by atoms with E-state index in [1.165, 1.54) is 0 Å². The first kappa shape index (κ1) is 12.7. The average molecular weight is 263 g/mol. The van der Waals surface area contributed by atoms with Gasteiger partial charge in [0.05, 0.1) is 6.10 Å². The first-order chi connectivity index (χ1) is 8.65. The molecule has 0 aliphatic carbocycles. The fourth-order valence-corrected chi connectivity index (χ4v) is 1.89. The van der Waals surface area contributed by atoms with E-state index in [0.29, 0.717) is 17.3 Å². The van der Waals surface area contributed by atoms with E-state index in [-0.39, 0.29) is 0 Å². The molecule has 0 amide bonds. The van der Waals surface area contributed by atoms with Crippen molar-refractivity contribution in [2.24, 2.45) is 0 Å². The van der Waals surface area contributed by atoms with Gasteiger partial charge in [0.1, 0.15) is 0 Å². The molecule has 18 heavy (non-hydrogen) atoms. The Hall–Kier alpha value is -1.71. The molecule has 0 saturated carbocycles. The fourth-order valence-electron chi connectivity index (χ4n) is 1.70. The molecule has 0 radical (unpaired) electrons. The molecule has 2 rings (SSSR count). The van der Waals surface area contributed by atoms with Crippen molar-refractivity contribution in [2.45, 2.75) is 6.10 Å². The van der Waals surface area contributed by atoms with Crippen molar-refractivity contribution in [3.63, 3.8) is 0 Å². The minimum absolute atomic E-state index is 0.407. The number of hydrogen-bond acceptors (Lipinski definition) is 3. The summed E-state index contributed by atoms with van der Waals surface area (Å²) in [4.78, 5) is 0. The van der Waals surface area contributed by atoms with Gasteiger partial charge in [0.25, 0.3) is 0 Å². The van der Waals surface area contributed by atoms with E-state index in [1.54, 1.807) is 18.2 Å². The highest BCUT2D eigenvalue weighted by Gasteiger charge is 2.07. The van der Waals surface area contributed by atoms with Crippen molar-refractivity contribution in [1.29, 1.82) is 0 Å². The predicted octanol–water partition coefficient (Wildman–Crippen LogP) is 3.07. The van der Waals surface area contributed by atoms with Gasteiger partial charge in [-0.25, -0.2) is 0 Å². The molecule has 1 atom stereocenters. The van der Waals surface area contributed by atoms with Crippen LogP contribution in [0, 0.1) is 0 Å². The molecule has 4 N–H and O–H groups in total. The minimum atomic E-state index is -0.604. The average Bonchev–Trinajstić information content (AvgIpc) is 2.36. The van der Waals surface area contributed by atoms with Crippen LogP contribution in [-0.4, -0.2) is 11.7 Å². The van der Waals surface area contributed by atoms with E-state index in [2.05, 4.69) is 5.32 Å². The molecular weight excluding hydrogens is 248 g/mol. The Kier molecular flexibility index (Phi) is 4.07. The van der Waals surface area contributed by atoms with Crippen molar-refractivity contribution < 1.29 is 5.11 Å². The summed E-state index contributed by atoms with van der Waals surface area (Å²) in [5, 5.41) is 13.8. The van der Waals surface area contributed by atoms with E-state index < -0.39 is 6.10 Å². The van der Waals surface area contributed by atoms with Crippen LogP contribution < -0.4 is 11.1 Å². The molecule has 0 saturated heterocycles. The highest BCUT2D eigenvalue weighted by molar-refractivity contribution is 6.30. The highest BCUT2D eigenvalue weighted by Crippen LogP contribution is 2.18. The number of nitrogens with two attached hydrogens (primary N) is 1. The van der Waals surface area contributed by atoms with E-state index in [4.69, 9.17) is 17.3 Å². The number of aliphatic hydroxyl groups excluding tert-OH is 1. The molecule has 2 aromatic carbocycles. The van der Waals surface area contributed by atoms with E-state index in [9.17, 15) is 5.11 Å². The van der Waals surface area contributed by atoms with Gasteiger partial charge >= 0.3 is 0 Å². The number of nitrogens with one attached hydrogen (secondary N) is 1. The maximum absolute atomic E-state index is 10.0. The number of aliphatic hydroxyl groups is 1. The lowest BCUT2D eigenvalue weighted by Crippen LogP contribution is -2.12. The first-order valence-corrected chi connectivity index (χ1v) is 6.06. The van der Waals surface area contributed by atoms with Gasteiger partial charge in [-0.3, -0.25) is 0 Å². The number of nitrogen functional groups attached to an aromatic ring is 1. The van der Waals surface area contributed by atoms with Crippen molar-refractivity contribution >= 4 is 23.0 Å². The fraction of sp³-hybridized carbons (Fsp3) is 0.143. The molecule has 0 fully saturated rings. The zero-order chi connectivity index (χ0) is 13.0. The number of benzene rings is 2. The Bertz CT molecular complexity index is 531. The molecule has 0 heterocycles. The second-order valence-electron chi connectivity index (χ2n) is 4.08. The van der Waals surface area contributed by atoms with E-state index in [1.807, 2.05) is 30.3 Å². The topological polar surface area (TPSA) is 58.3 Å². The zero-order valence-electron chi connectivity index (χ0n) is 9.81. The number of hydrogen-bond donors (Lipinski definition) is 3. The second-order valence-corrected chi connectivity index (χ2v) is 4.51. The largest absolute Gasteiger partial charge is 0.399 e. The van der Waals surface area contributed by atoms with Crippen LogP contribution in [0.15, 0.2) is 48.5 Å². The molecule has 0 aliphatic heterocycles. The normalized spacial score (nSPS) is 12.1. The second kappa shape index (κ2) is 5.76. The zero-order valence-corrected chi connectivity index (χ0v) is 10.6. The summed E-state index contributed by atoms with van der Waals surface area (Å²) < 4.78 is 0. The summed E-state index contributed by atoms with van der Waals surface area (Å²) >= 11 is 5.88. The Morgan fingerprint density at radius 2 is 1.94 bits per heavy atom. The molecule has 4 heteroatoms. The predicted molar refractivity (Wildman–Crippen MR) is 75.8 cm³/mol. The lowest BCUT2D eigenvalue weighted by Gasteiger charge is -2.13. The van der Waals surface area contributed by atoms with Crippen LogP contribution in [0.25, 0.3) is 0 Å². The lowest BCUT2D eigenvalue weighted by molar-refractivity contribution is 0.191. The Morgan fingerprint density at radius 3 is 2.67 bits per heavy atom. The van der Waals surface area contributed by atoms with Crippen LogP contribution in [0.2, 0.25) is 5.02 Å². The smallest absolute Gasteiger partial charge is 0.0963 e. The molecule has 2 aromatic rings. The third-order valence-corrected chi connectivity index (χ3v) is 2.85. The molecule has 94 valence electrons. The number of halogens is 1. The number of anilines is 2. The van der Waals surface area contributed by atoms with Gasteiger partial charge < -0.3 is 16.2 Å². The summed E-state index contributed by atoms with van der Waals surface area (Å²) in [6.07, 6.45) is -0.604. The Labute approximate surface area is 111 Å². The van der Waals surface area contributed by atoms with Crippen LogP contribution >= 0.6 is 11.6 Å². The third-order valence-electron chi connectivity index (χ3n) is 2.62. The van der Waals surface area contributed by atoms with Crippen LogP contribution in [-0.2, 0) is 0 Å². The van der Waals surface area contributed by atoms with E-state index >= 15 is 0 Å². The van der Waals surface area contributed by atoms with Gasteiger partial charge in [-0.15, -0.1) is 0 Å². The van der Waals surface area contributed by atoms with Crippen LogP contribution in [0.3, 0.4) is 0 Å². The standard InChI is InChI=1S/C14H15ClN2O/c15-11-4-2-6-13(8-11)17-9-14(18)10-3-1-5-12(16)7-10/h1-8,14,17-18H,9,16H2. The van der Waals surface area contributed by atoms with Crippen LogP contribution in [0.4, 0.5) is 11.4 Å². The molecule has 1 unspecified atom stereocenters. The maximum atomic E-state index is 10.0. The summed E-state index contributed by atoms with van der Waals surface area (Å²) in [5.41, 5.74) is 8.00. The van der Waals surface area contributed by atoms with Gasteiger partial charge in [0.2, 0.25) is 0 Å². The molecule has 0 bridgehead atoms. The monoisotopic (exact) mass is 262 g/mol. The van der Waals surface area contributed by atoms with Crippen molar-refractivity contribution in [3.05, 3.63) is 59.1 Å². The van der Waals surface area contributed by atoms with Crippen molar-refractivity contribution in [1.82, 2.24) is 0 Å². The third kappa shape index (κ3) is 3.39. The van der Waals surface area contributed by atoms with Crippen molar-refractivity contribution in [2.75, 3.05) is 17.6 Å². The minimum Gasteiger partial charge on any atom is -0.399 e.